The Kier molecular flexibility index (Phi) is 3.92. The fourth-order valence-electron chi connectivity index (χ4n) is 2.25. The van der Waals surface area contributed by atoms with Gasteiger partial charge in [-0.3, -0.25) is 0 Å². The molecule has 4 nitrogen and oxygen atoms in total. The molecule has 0 radical (unpaired) electrons. The van der Waals surface area contributed by atoms with Gasteiger partial charge in [0.05, 0.1) is 4.90 Å². The minimum Gasteiger partial charge on any atom is -0.381 e. The van der Waals surface area contributed by atoms with E-state index in [4.69, 9.17) is 0 Å². The number of rotatable bonds is 3. The van der Waals surface area contributed by atoms with Crippen molar-refractivity contribution in [3.8, 4) is 0 Å². The number of benzene rings is 1. The van der Waals surface area contributed by atoms with Crippen LogP contribution in [0.1, 0.15) is 19.8 Å². The molecule has 2 N–H and O–H groups in total. The molecule has 5 heteroatoms. The minimum atomic E-state index is -3.10. The van der Waals surface area contributed by atoms with Crippen molar-refractivity contribution < 1.29 is 8.42 Å². The summed E-state index contributed by atoms with van der Waals surface area (Å²) in [5, 5.41) is 6.88. The number of anilines is 1. The molecule has 0 spiro atoms. The van der Waals surface area contributed by atoms with Crippen molar-refractivity contribution in [3.05, 3.63) is 24.3 Å². The van der Waals surface area contributed by atoms with Gasteiger partial charge in [0.2, 0.25) is 0 Å². The van der Waals surface area contributed by atoms with Gasteiger partial charge in [0.1, 0.15) is 0 Å². The van der Waals surface area contributed by atoms with E-state index in [9.17, 15) is 8.42 Å². The highest BCUT2D eigenvalue weighted by molar-refractivity contribution is 7.90. The largest absolute Gasteiger partial charge is 0.381 e. The predicted molar refractivity (Wildman–Crippen MR) is 73.7 cm³/mol. The predicted octanol–water partition coefficient (Wildman–Crippen LogP) is 1.64. The molecule has 100 valence electrons. The van der Waals surface area contributed by atoms with Crippen LogP contribution in [0.4, 0.5) is 5.69 Å². The third-order valence-corrected chi connectivity index (χ3v) is 4.52. The maximum atomic E-state index is 11.4. The van der Waals surface area contributed by atoms with Gasteiger partial charge in [-0.2, -0.15) is 0 Å². The summed E-state index contributed by atoms with van der Waals surface area (Å²) in [5.41, 5.74) is 0.975. The molecule has 2 atom stereocenters. The first-order chi connectivity index (χ1) is 8.47. The zero-order valence-electron chi connectivity index (χ0n) is 10.8. The number of sulfone groups is 1. The van der Waals surface area contributed by atoms with E-state index in [1.54, 1.807) is 12.1 Å². The Morgan fingerprint density at radius 1 is 1.28 bits per heavy atom. The smallest absolute Gasteiger partial charge is 0.175 e. The molecule has 18 heavy (non-hydrogen) atoms. The second-order valence-corrected chi connectivity index (χ2v) is 6.95. The van der Waals surface area contributed by atoms with Crippen LogP contribution >= 0.6 is 0 Å². The average molecular weight is 268 g/mol. The highest BCUT2D eigenvalue weighted by Gasteiger charge is 2.20. The maximum absolute atomic E-state index is 11.4. The highest BCUT2D eigenvalue weighted by atomic mass is 32.2. The zero-order valence-corrected chi connectivity index (χ0v) is 11.6. The topological polar surface area (TPSA) is 58.2 Å². The van der Waals surface area contributed by atoms with Gasteiger partial charge in [0.25, 0.3) is 0 Å². The van der Waals surface area contributed by atoms with E-state index in [2.05, 4.69) is 17.6 Å². The first-order valence-corrected chi connectivity index (χ1v) is 8.16. The Bertz CT molecular complexity index is 496. The zero-order chi connectivity index (χ0) is 13.2. The molecular weight excluding hydrogens is 248 g/mol. The second-order valence-electron chi connectivity index (χ2n) is 4.93. The van der Waals surface area contributed by atoms with Crippen LogP contribution in [0.5, 0.6) is 0 Å². The number of piperidine rings is 1. The van der Waals surface area contributed by atoms with Crippen molar-refractivity contribution in [2.45, 2.75) is 36.7 Å². The maximum Gasteiger partial charge on any atom is 0.175 e. The van der Waals surface area contributed by atoms with E-state index in [-0.39, 0.29) is 0 Å². The van der Waals surface area contributed by atoms with Gasteiger partial charge in [-0.15, -0.1) is 0 Å². The molecule has 0 bridgehead atoms. The summed E-state index contributed by atoms with van der Waals surface area (Å²) >= 11 is 0. The Labute approximate surface area is 109 Å². The Balaban J connectivity index is 2.06. The van der Waals surface area contributed by atoms with Gasteiger partial charge in [-0.05, 0) is 50.6 Å². The van der Waals surface area contributed by atoms with Crippen molar-refractivity contribution >= 4 is 15.5 Å². The van der Waals surface area contributed by atoms with Gasteiger partial charge in [0, 0.05) is 24.0 Å². The Morgan fingerprint density at radius 3 is 2.50 bits per heavy atom. The quantitative estimate of drug-likeness (QED) is 0.875. The summed E-state index contributed by atoms with van der Waals surface area (Å²) in [6.45, 7) is 3.24. The van der Waals surface area contributed by atoms with E-state index in [1.807, 2.05) is 12.1 Å². The van der Waals surface area contributed by atoms with Crippen LogP contribution < -0.4 is 10.6 Å². The van der Waals surface area contributed by atoms with E-state index in [0.29, 0.717) is 17.0 Å². The van der Waals surface area contributed by atoms with Gasteiger partial charge in [0.15, 0.2) is 9.84 Å². The van der Waals surface area contributed by atoms with Gasteiger partial charge in [-0.25, -0.2) is 8.42 Å². The SMILES string of the molecule is CC1NCCCC1Nc1ccc(S(C)(=O)=O)cc1. The summed E-state index contributed by atoms with van der Waals surface area (Å²) in [6, 6.07) is 7.81. The lowest BCUT2D eigenvalue weighted by Crippen LogP contribution is -2.46. The van der Waals surface area contributed by atoms with Crippen molar-refractivity contribution in [2.24, 2.45) is 0 Å². The van der Waals surface area contributed by atoms with Crippen molar-refractivity contribution in [1.29, 1.82) is 0 Å². The Morgan fingerprint density at radius 2 is 1.94 bits per heavy atom. The van der Waals surface area contributed by atoms with Crippen molar-refractivity contribution in [2.75, 3.05) is 18.1 Å². The lowest BCUT2D eigenvalue weighted by atomic mass is 9.99. The molecule has 1 aliphatic heterocycles. The molecule has 2 unspecified atom stereocenters. The average Bonchev–Trinajstić information content (AvgIpc) is 2.32. The van der Waals surface area contributed by atoms with Crippen LogP contribution in [0.25, 0.3) is 0 Å². The number of hydrogen-bond donors (Lipinski definition) is 2. The fourth-order valence-corrected chi connectivity index (χ4v) is 2.88. The summed E-state index contributed by atoms with van der Waals surface area (Å²) < 4.78 is 22.7. The molecule has 1 heterocycles. The first kappa shape index (κ1) is 13.4. The third-order valence-electron chi connectivity index (χ3n) is 3.40. The summed E-state index contributed by atoms with van der Waals surface area (Å²) in [5.74, 6) is 0. The van der Waals surface area contributed by atoms with E-state index in [0.717, 1.165) is 18.7 Å². The first-order valence-electron chi connectivity index (χ1n) is 6.27. The molecule has 1 aliphatic rings. The van der Waals surface area contributed by atoms with Crippen LogP contribution in [0.3, 0.4) is 0 Å². The fraction of sp³-hybridized carbons (Fsp3) is 0.538. The second kappa shape index (κ2) is 5.28. The number of hydrogen-bond acceptors (Lipinski definition) is 4. The minimum absolute atomic E-state index is 0.364. The monoisotopic (exact) mass is 268 g/mol. The summed E-state index contributed by atoms with van der Waals surface area (Å²) in [4.78, 5) is 0.364. The van der Waals surface area contributed by atoms with Crippen molar-refractivity contribution in [3.63, 3.8) is 0 Å². The molecule has 1 aromatic carbocycles. The molecule has 1 saturated heterocycles. The van der Waals surface area contributed by atoms with Crippen molar-refractivity contribution in [1.82, 2.24) is 5.32 Å². The normalized spacial score (nSPS) is 24.8. The number of nitrogens with one attached hydrogen (secondary N) is 2. The van der Waals surface area contributed by atoms with Crippen LogP contribution in [0.2, 0.25) is 0 Å². The molecule has 0 aliphatic carbocycles. The standard InChI is InChI=1S/C13H20N2O2S/c1-10-13(4-3-9-14-10)15-11-5-7-12(8-6-11)18(2,16)17/h5-8,10,13-15H,3-4,9H2,1-2H3. The van der Waals surface area contributed by atoms with E-state index < -0.39 is 9.84 Å². The van der Waals surface area contributed by atoms with Gasteiger partial charge >= 0.3 is 0 Å². The van der Waals surface area contributed by atoms with Crippen LogP contribution in [0.15, 0.2) is 29.2 Å². The van der Waals surface area contributed by atoms with Crippen LogP contribution in [0, 0.1) is 0 Å². The molecule has 2 rings (SSSR count). The summed E-state index contributed by atoms with van der Waals surface area (Å²) in [6.07, 6.45) is 3.54. The van der Waals surface area contributed by atoms with Gasteiger partial charge in [-0.1, -0.05) is 0 Å². The van der Waals surface area contributed by atoms with Crippen LogP contribution in [-0.2, 0) is 9.84 Å². The lowest BCUT2D eigenvalue weighted by Gasteiger charge is -2.31. The summed E-state index contributed by atoms with van der Waals surface area (Å²) in [7, 11) is -3.10. The molecule has 1 fully saturated rings. The van der Waals surface area contributed by atoms with E-state index in [1.165, 1.54) is 12.7 Å². The van der Waals surface area contributed by atoms with Crippen LogP contribution in [-0.4, -0.2) is 33.3 Å². The molecule has 0 aromatic heterocycles. The molecule has 0 amide bonds. The third kappa shape index (κ3) is 3.23. The Hall–Kier alpha value is -1.07. The van der Waals surface area contributed by atoms with Gasteiger partial charge < -0.3 is 10.6 Å². The molecule has 1 aromatic rings. The van der Waals surface area contributed by atoms with E-state index >= 15 is 0 Å². The molecule has 0 saturated carbocycles. The molecular formula is C13H20N2O2S. The highest BCUT2D eigenvalue weighted by Crippen LogP contribution is 2.18. The lowest BCUT2D eigenvalue weighted by molar-refractivity contribution is 0.389.